The van der Waals surface area contributed by atoms with E-state index in [1.54, 1.807) is 16.7 Å². The Kier molecular flexibility index (Phi) is 5.10. The molecule has 4 rings (SSSR count). The minimum atomic E-state index is -0.274. The third-order valence-electron chi connectivity index (χ3n) is 5.04. The summed E-state index contributed by atoms with van der Waals surface area (Å²) in [6.45, 7) is 5.35. The number of hydrogen-bond donors (Lipinski definition) is 1. The van der Waals surface area contributed by atoms with E-state index in [1.807, 2.05) is 56.3 Å². The lowest BCUT2D eigenvalue weighted by Crippen LogP contribution is -2.16. The van der Waals surface area contributed by atoms with Gasteiger partial charge in [-0.25, -0.2) is 0 Å². The average molecular weight is 417 g/mol. The van der Waals surface area contributed by atoms with Gasteiger partial charge in [-0.3, -0.25) is 19.0 Å². The van der Waals surface area contributed by atoms with Crippen LogP contribution in [0.5, 0.6) is 0 Å². The Morgan fingerprint density at radius 3 is 2.33 bits per heavy atom. The van der Waals surface area contributed by atoms with Crippen molar-refractivity contribution in [1.82, 2.24) is 4.57 Å². The van der Waals surface area contributed by atoms with Gasteiger partial charge in [0.25, 0.3) is 5.56 Å². The van der Waals surface area contributed by atoms with Crippen LogP contribution in [0, 0.1) is 13.8 Å². The van der Waals surface area contributed by atoms with Gasteiger partial charge in [-0.15, -0.1) is 0 Å². The minimum absolute atomic E-state index is 0.189. The Hall–Kier alpha value is -3.51. The van der Waals surface area contributed by atoms with E-state index in [-0.39, 0.29) is 17.2 Å². The Morgan fingerprint density at radius 1 is 0.933 bits per heavy atom. The van der Waals surface area contributed by atoms with Gasteiger partial charge in [0.15, 0.2) is 5.78 Å². The third-order valence-corrected chi connectivity index (χ3v) is 6.15. The van der Waals surface area contributed by atoms with E-state index in [2.05, 4.69) is 5.32 Å². The molecule has 2 heterocycles. The maximum absolute atomic E-state index is 13.5. The predicted octanol–water partition coefficient (Wildman–Crippen LogP) is 4.86. The number of fused-ring (bicyclic) bond motifs is 1. The van der Waals surface area contributed by atoms with Crippen LogP contribution in [0.15, 0.2) is 65.5 Å². The summed E-state index contributed by atoms with van der Waals surface area (Å²) >= 11 is 1.23. The molecule has 0 aliphatic rings. The van der Waals surface area contributed by atoms with Crippen LogP contribution in [-0.4, -0.2) is 16.3 Å². The van der Waals surface area contributed by atoms with E-state index >= 15 is 0 Å². The highest BCUT2D eigenvalue weighted by molar-refractivity contribution is 7.23. The molecule has 1 N–H and O–H groups in total. The molecule has 2 aromatic carbocycles. The van der Waals surface area contributed by atoms with E-state index in [1.165, 1.54) is 24.3 Å². The van der Waals surface area contributed by atoms with Crippen LogP contribution in [0.1, 0.15) is 34.0 Å². The first kappa shape index (κ1) is 19.8. The molecule has 5 nitrogen and oxygen atoms in total. The fraction of sp³-hybridized carbons (Fsp3) is 0.125. The molecule has 0 unspecified atom stereocenters. The van der Waals surface area contributed by atoms with Crippen LogP contribution in [0.4, 0.5) is 5.00 Å². The Balaban J connectivity index is 2.00. The van der Waals surface area contributed by atoms with Crippen LogP contribution >= 0.6 is 11.3 Å². The molecule has 0 spiro atoms. The van der Waals surface area contributed by atoms with Crippen LogP contribution < -0.4 is 10.9 Å². The van der Waals surface area contributed by atoms with Gasteiger partial charge in [-0.05, 0) is 49.2 Å². The number of carbonyl (C=O) groups excluding carboxylic acids is 2. The number of rotatable bonds is 4. The zero-order chi connectivity index (χ0) is 21.4. The molecule has 0 fully saturated rings. The molecule has 0 radical (unpaired) electrons. The number of benzene rings is 2. The quantitative estimate of drug-likeness (QED) is 0.483. The fourth-order valence-electron chi connectivity index (χ4n) is 3.40. The molecule has 150 valence electrons. The van der Waals surface area contributed by atoms with Crippen LogP contribution in [0.2, 0.25) is 0 Å². The van der Waals surface area contributed by atoms with Crippen LogP contribution in [-0.2, 0) is 4.79 Å². The molecule has 0 aliphatic carbocycles. The number of para-hydroxylation sites is 1. The molecule has 30 heavy (non-hydrogen) atoms. The van der Waals surface area contributed by atoms with Crippen LogP contribution in [0.3, 0.4) is 0 Å². The van der Waals surface area contributed by atoms with Gasteiger partial charge in [0.1, 0.15) is 9.83 Å². The lowest BCUT2D eigenvalue weighted by Gasteiger charge is -2.08. The van der Waals surface area contributed by atoms with Gasteiger partial charge in [0.2, 0.25) is 5.91 Å². The number of pyridine rings is 1. The van der Waals surface area contributed by atoms with Crippen molar-refractivity contribution in [2.24, 2.45) is 0 Å². The first-order valence-electron chi connectivity index (χ1n) is 9.50. The summed E-state index contributed by atoms with van der Waals surface area (Å²) in [7, 11) is 0. The van der Waals surface area contributed by atoms with Crippen molar-refractivity contribution in [3.05, 3.63) is 93.3 Å². The van der Waals surface area contributed by atoms with E-state index in [9.17, 15) is 14.4 Å². The SMILES string of the molecule is CC(=O)Nc1sc2c(ccc(=O)n2-c2ccccc2)c1C(=O)c1ccc(C)c(C)c1. The molecule has 0 atom stereocenters. The number of nitrogens with zero attached hydrogens (tertiary/aromatic N) is 1. The number of ketones is 1. The predicted molar refractivity (Wildman–Crippen MR) is 121 cm³/mol. The highest BCUT2D eigenvalue weighted by atomic mass is 32.1. The number of aryl methyl sites for hydroxylation is 2. The highest BCUT2D eigenvalue weighted by Crippen LogP contribution is 2.37. The molecule has 4 aromatic rings. The van der Waals surface area contributed by atoms with E-state index in [0.29, 0.717) is 32.0 Å². The van der Waals surface area contributed by atoms with Gasteiger partial charge >= 0.3 is 0 Å². The summed E-state index contributed by atoms with van der Waals surface area (Å²) in [4.78, 5) is 38.6. The maximum atomic E-state index is 13.5. The van der Waals surface area contributed by atoms with Crippen molar-refractivity contribution in [3.63, 3.8) is 0 Å². The Bertz CT molecular complexity index is 1350. The molecule has 1 amide bonds. The van der Waals surface area contributed by atoms with Crippen molar-refractivity contribution in [3.8, 4) is 5.69 Å². The second-order valence-corrected chi connectivity index (χ2v) is 8.18. The topological polar surface area (TPSA) is 68.2 Å². The first-order chi connectivity index (χ1) is 14.4. The van der Waals surface area contributed by atoms with Gasteiger partial charge in [-0.1, -0.05) is 41.7 Å². The second-order valence-electron chi connectivity index (χ2n) is 7.18. The Labute approximate surface area is 177 Å². The zero-order valence-corrected chi connectivity index (χ0v) is 17.7. The maximum Gasteiger partial charge on any atom is 0.256 e. The summed E-state index contributed by atoms with van der Waals surface area (Å²) < 4.78 is 1.57. The normalized spacial score (nSPS) is 10.9. The zero-order valence-electron chi connectivity index (χ0n) is 16.9. The van der Waals surface area contributed by atoms with Crippen molar-refractivity contribution in [1.29, 1.82) is 0 Å². The number of carbonyl (C=O) groups is 2. The van der Waals surface area contributed by atoms with Gasteiger partial charge in [-0.2, -0.15) is 0 Å². The third kappa shape index (κ3) is 3.46. The summed E-state index contributed by atoms with van der Waals surface area (Å²) in [6, 6.07) is 17.9. The summed E-state index contributed by atoms with van der Waals surface area (Å²) in [5.74, 6) is -0.462. The monoisotopic (exact) mass is 416 g/mol. The number of thiophene rings is 1. The van der Waals surface area contributed by atoms with Crippen molar-refractivity contribution in [2.75, 3.05) is 5.32 Å². The van der Waals surface area contributed by atoms with Crippen LogP contribution in [0.25, 0.3) is 15.9 Å². The van der Waals surface area contributed by atoms with Gasteiger partial charge < -0.3 is 5.32 Å². The highest BCUT2D eigenvalue weighted by Gasteiger charge is 2.24. The minimum Gasteiger partial charge on any atom is -0.317 e. The second kappa shape index (κ2) is 7.72. The van der Waals surface area contributed by atoms with Crippen molar-refractivity contribution < 1.29 is 9.59 Å². The standard InChI is InChI=1S/C24H20N2O3S/c1-14-9-10-17(13-15(14)2)22(29)21-19-11-12-20(28)26(18-7-5-4-6-8-18)24(19)30-23(21)25-16(3)27/h4-13H,1-3H3,(H,25,27). The van der Waals surface area contributed by atoms with E-state index in [4.69, 9.17) is 0 Å². The van der Waals surface area contributed by atoms with Crippen molar-refractivity contribution in [2.45, 2.75) is 20.8 Å². The van der Waals surface area contributed by atoms with Crippen molar-refractivity contribution >= 4 is 38.2 Å². The van der Waals surface area contributed by atoms with Gasteiger partial charge in [0, 0.05) is 23.9 Å². The number of hydrogen-bond acceptors (Lipinski definition) is 4. The molecule has 2 aromatic heterocycles. The lowest BCUT2D eigenvalue weighted by atomic mass is 9.98. The average Bonchev–Trinajstić information content (AvgIpc) is 3.07. The smallest absolute Gasteiger partial charge is 0.256 e. The molecule has 0 saturated heterocycles. The number of anilines is 1. The molecular weight excluding hydrogens is 396 g/mol. The summed E-state index contributed by atoms with van der Waals surface area (Å²) in [5, 5.41) is 3.86. The number of nitrogens with one attached hydrogen (secondary N) is 1. The number of amides is 1. The molecule has 0 bridgehead atoms. The lowest BCUT2D eigenvalue weighted by molar-refractivity contribution is -0.114. The van der Waals surface area contributed by atoms with E-state index < -0.39 is 0 Å². The van der Waals surface area contributed by atoms with E-state index in [0.717, 1.165) is 11.1 Å². The Morgan fingerprint density at radius 2 is 1.67 bits per heavy atom. The molecule has 0 aliphatic heterocycles. The molecule has 0 saturated carbocycles. The molecular formula is C24H20N2O3S. The first-order valence-corrected chi connectivity index (χ1v) is 10.3. The fourth-order valence-corrected chi connectivity index (χ4v) is 4.66. The summed E-state index contributed by atoms with van der Waals surface area (Å²) in [6.07, 6.45) is 0. The molecule has 6 heteroatoms. The van der Waals surface area contributed by atoms with Gasteiger partial charge in [0.05, 0.1) is 11.3 Å². The summed E-state index contributed by atoms with van der Waals surface area (Å²) in [5.41, 5.74) is 3.56. The largest absolute Gasteiger partial charge is 0.317 e. The number of aromatic nitrogens is 1.